The van der Waals surface area contributed by atoms with E-state index in [9.17, 15) is 9.59 Å². The van der Waals surface area contributed by atoms with Gasteiger partial charge in [0.1, 0.15) is 11.6 Å². The number of carbonyl (C=O) groups excluding carboxylic acids is 2. The van der Waals surface area contributed by atoms with E-state index in [1.165, 1.54) is 11.8 Å². The van der Waals surface area contributed by atoms with E-state index in [0.29, 0.717) is 16.9 Å². The summed E-state index contributed by atoms with van der Waals surface area (Å²) in [6.07, 6.45) is 5.60. The number of nitrogen functional groups attached to an aromatic ring is 1. The molecule has 1 aliphatic rings. The predicted octanol–water partition coefficient (Wildman–Crippen LogP) is 5.77. The zero-order chi connectivity index (χ0) is 26.9. The van der Waals surface area contributed by atoms with Gasteiger partial charge in [-0.1, -0.05) is 24.3 Å². The van der Waals surface area contributed by atoms with Crippen molar-refractivity contribution in [2.75, 3.05) is 18.2 Å². The lowest BCUT2D eigenvalue weighted by Crippen LogP contribution is -2.36. The van der Waals surface area contributed by atoms with Crippen LogP contribution < -0.4 is 21.1 Å². The Kier molecular flexibility index (Phi) is 9.44. The number of carbonyl (C=O) groups is 2. The van der Waals surface area contributed by atoms with Crippen LogP contribution in [0.25, 0.3) is 0 Å². The second-order valence-corrected chi connectivity index (χ2v) is 9.45. The molecule has 1 saturated carbocycles. The number of anilines is 2. The molecule has 0 radical (unpaired) electrons. The number of hydrogen-bond acceptors (Lipinski definition) is 5. The summed E-state index contributed by atoms with van der Waals surface area (Å²) in [5.74, 6) is 0.947. The first-order chi connectivity index (χ1) is 17.7. The van der Waals surface area contributed by atoms with E-state index in [1.54, 1.807) is 19.2 Å². The van der Waals surface area contributed by atoms with E-state index >= 15 is 0 Å². The summed E-state index contributed by atoms with van der Waals surface area (Å²) in [5, 5.41) is 5.94. The Morgan fingerprint density at radius 1 is 1.05 bits per heavy atom. The first-order valence-corrected chi connectivity index (χ1v) is 12.4. The highest BCUT2D eigenvalue weighted by atomic mass is 16.5. The smallest absolute Gasteiger partial charge is 0.257 e. The van der Waals surface area contributed by atoms with Gasteiger partial charge in [0.05, 0.1) is 12.7 Å². The minimum atomic E-state index is -0.187. The molecule has 0 bridgehead atoms. The van der Waals surface area contributed by atoms with Crippen molar-refractivity contribution >= 4 is 23.3 Å². The zero-order valence-electron chi connectivity index (χ0n) is 22.1. The first-order valence-electron chi connectivity index (χ1n) is 12.4. The van der Waals surface area contributed by atoms with Crippen LogP contribution in [0.15, 0.2) is 66.9 Å². The number of nitrogens with zero attached hydrogens (tertiary/aromatic N) is 1. The monoisotopic (exact) mass is 500 g/mol. The third kappa shape index (κ3) is 7.93. The van der Waals surface area contributed by atoms with E-state index in [1.807, 2.05) is 51.1 Å². The van der Waals surface area contributed by atoms with Crippen LogP contribution >= 0.6 is 0 Å². The Balaban J connectivity index is 0.000000206. The molecule has 2 aromatic carbocycles. The maximum absolute atomic E-state index is 12.3. The van der Waals surface area contributed by atoms with E-state index in [-0.39, 0.29) is 17.9 Å². The lowest BCUT2D eigenvalue weighted by Gasteiger charge is -2.25. The summed E-state index contributed by atoms with van der Waals surface area (Å²) in [6.45, 7) is 9.92. The molecule has 194 valence electrons. The third-order valence-corrected chi connectivity index (χ3v) is 6.23. The van der Waals surface area contributed by atoms with Crippen molar-refractivity contribution in [2.45, 2.75) is 52.5 Å². The molecule has 0 saturated heterocycles. The summed E-state index contributed by atoms with van der Waals surface area (Å²) < 4.78 is 5.25. The average Bonchev–Trinajstić information content (AvgIpc) is 2.84. The fourth-order valence-electron chi connectivity index (χ4n) is 4.41. The fourth-order valence-corrected chi connectivity index (χ4v) is 4.41. The lowest BCUT2D eigenvalue weighted by molar-refractivity contribution is 0.0930. The molecule has 1 heterocycles. The molecule has 0 spiro atoms. The Morgan fingerprint density at radius 3 is 2.41 bits per heavy atom. The predicted molar refractivity (Wildman–Crippen MR) is 149 cm³/mol. The van der Waals surface area contributed by atoms with Gasteiger partial charge in [-0.25, -0.2) is 4.98 Å². The molecule has 1 aromatic heterocycles. The first kappa shape index (κ1) is 27.5. The molecule has 7 heteroatoms. The highest BCUT2D eigenvalue weighted by Crippen LogP contribution is 2.24. The number of ether oxygens (including phenoxy) is 1. The number of aromatic nitrogens is 1. The number of hydrogen-bond donors (Lipinski definition) is 3. The van der Waals surface area contributed by atoms with Crippen LogP contribution in [0.4, 0.5) is 11.5 Å². The van der Waals surface area contributed by atoms with Gasteiger partial charge in [0, 0.05) is 29.1 Å². The molecule has 1 aliphatic carbocycles. The van der Waals surface area contributed by atoms with Gasteiger partial charge in [0.25, 0.3) is 11.8 Å². The number of aryl methyl sites for hydroxylation is 2. The molecule has 2 amide bonds. The van der Waals surface area contributed by atoms with Crippen LogP contribution in [0.2, 0.25) is 0 Å². The van der Waals surface area contributed by atoms with Crippen LogP contribution in [-0.2, 0) is 0 Å². The Hall–Kier alpha value is -4.13. The van der Waals surface area contributed by atoms with Crippen LogP contribution in [0.5, 0.6) is 5.75 Å². The number of nitrogens with one attached hydrogen (secondary N) is 2. The number of rotatable bonds is 5. The molecule has 1 unspecified atom stereocenters. The molecule has 4 N–H and O–H groups in total. The SMILES string of the molecule is C=C1CCCC(NC(=O)c2cccc(OC)c2C)C1.Cc1cc(C)cc(NC(=O)c2ccc(N)nc2)c1. The number of methoxy groups -OCH3 is 1. The van der Waals surface area contributed by atoms with Crippen molar-refractivity contribution in [3.05, 3.63) is 94.7 Å². The summed E-state index contributed by atoms with van der Waals surface area (Å²) in [6, 6.07) is 14.9. The molecule has 4 rings (SSSR count). The van der Waals surface area contributed by atoms with Gasteiger partial charge in [-0.15, -0.1) is 0 Å². The van der Waals surface area contributed by atoms with Gasteiger partial charge in [-0.05, 0) is 94.0 Å². The summed E-state index contributed by atoms with van der Waals surface area (Å²) in [7, 11) is 1.62. The number of nitrogens with two attached hydrogens (primary N) is 1. The highest BCUT2D eigenvalue weighted by molar-refractivity contribution is 6.04. The van der Waals surface area contributed by atoms with Gasteiger partial charge >= 0.3 is 0 Å². The van der Waals surface area contributed by atoms with Crippen LogP contribution in [-0.4, -0.2) is 29.9 Å². The Morgan fingerprint density at radius 2 is 1.78 bits per heavy atom. The molecular formula is C30H36N4O3. The number of pyridine rings is 1. The van der Waals surface area contributed by atoms with Crippen molar-refractivity contribution in [3.8, 4) is 5.75 Å². The average molecular weight is 501 g/mol. The van der Waals surface area contributed by atoms with Gasteiger partial charge in [0.15, 0.2) is 0 Å². The second kappa shape index (κ2) is 12.7. The molecule has 0 aliphatic heterocycles. The molecule has 1 atom stereocenters. The topological polar surface area (TPSA) is 106 Å². The maximum atomic E-state index is 12.3. The van der Waals surface area contributed by atoms with Gasteiger partial charge in [-0.3, -0.25) is 9.59 Å². The maximum Gasteiger partial charge on any atom is 0.257 e. The van der Waals surface area contributed by atoms with Gasteiger partial charge in [-0.2, -0.15) is 0 Å². The van der Waals surface area contributed by atoms with Crippen molar-refractivity contribution < 1.29 is 14.3 Å². The van der Waals surface area contributed by atoms with E-state index < -0.39 is 0 Å². The van der Waals surface area contributed by atoms with Crippen LogP contribution in [0.1, 0.15) is 63.1 Å². The molecule has 7 nitrogen and oxygen atoms in total. The van der Waals surface area contributed by atoms with Crippen molar-refractivity contribution in [1.82, 2.24) is 10.3 Å². The lowest BCUT2D eigenvalue weighted by atomic mass is 9.91. The third-order valence-electron chi connectivity index (χ3n) is 6.23. The molecule has 1 fully saturated rings. The fraction of sp³-hybridized carbons (Fsp3) is 0.300. The molecule has 3 aromatic rings. The van der Waals surface area contributed by atoms with Gasteiger partial charge in [0.2, 0.25) is 0 Å². The largest absolute Gasteiger partial charge is 0.496 e. The minimum absolute atomic E-state index is 0.0175. The number of benzene rings is 2. The zero-order valence-corrected chi connectivity index (χ0v) is 22.1. The van der Waals surface area contributed by atoms with Gasteiger partial charge < -0.3 is 21.1 Å². The standard InChI is InChI=1S/C16H21NO2.C14H15N3O/c1-11-6-4-7-13(10-11)17-16(18)14-8-5-9-15(19-3)12(14)2;1-9-5-10(2)7-12(6-9)17-14(18)11-3-4-13(15)16-8-11/h5,8-9,13H,1,4,6-7,10H2,2-3H3,(H,17,18);3-8H,1-2H3,(H2,15,16)(H,17,18). The number of amides is 2. The van der Waals surface area contributed by atoms with E-state index in [2.05, 4.69) is 28.3 Å². The second-order valence-electron chi connectivity index (χ2n) is 9.45. The summed E-state index contributed by atoms with van der Waals surface area (Å²) in [5.41, 5.74) is 11.8. The van der Waals surface area contributed by atoms with E-state index in [4.69, 9.17) is 10.5 Å². The van der Waals surface area contributed by atoms with Crippen LogP contribution in [0.3, 0.4) is 0 Å². The normalized spacial score (nSPS) is 14.7. The molecule has 37 heavy (non-hydrogen) atoms. The highest BCUT2D eigenvalue weighted by Gasteiger charge is 2.20. The van der Waals surface area contributed by atoms with Crippen molar-refractivity contribution in [1.29, 1.82) is 0 Å². The molecular weight excluding hydrogens is 464 g/mol. The Bertz CT molecular complexity index is 1250. The quantitative estimate of drug-likeness (QED) is 0.386. The minimum Gasteiger partial charge on any atom is -0.496 e. The summed E-state index contributed by atoms with van der Waals surface area (Å²) in [4.78, 5) is 28.2. The summed E-state index contributed by atoms with van der Waals surface area (Å²) >= 11 is 0. The van der Waals surface area contributed by atoms with Crippen molar-refractivity contribution in [2.24, 2.45) is 0 Å². The Labute approximate surface area is 219 Å². The van der Waals surface area contributed by atoms with Crippen molar-refractivity contribution in [3.63, 3.8) is 0 Å². The van der Waals surface area contributed by atoms with Crippen LogP contribution in [0, 0.1) is 20.8 Å². The van der Waals surface area contributed by atoms with E-state index in [0.717, 1.165) is 53.8 Å².